The molecule has 6 heteroatoms. The molecule has 0 saturated heterocycles. The highest BCUT2D eigenvalue weighted by Gasteiger charge is 2.29. The zero-order valence-electron chi connectivity index (χ0n) is 15.3. The maximum Gasteiger partial charge on any atom is 0.302 e. The smallest absolute Gasteiger partial charge is 0.302 e. The van der Waals surface area contributed by atoms with E-state index in [2.05, 4.69) is 24.3 Å². The molecule has 0 bridgehead atoms. The average Bonchev–Trinajstić information content (AvgIpc) is 3.34. The Bertz CT molecular complexity index is 867. The molecular formula is C20H25N3O2S. The Hall–Kier alpha value is -1.95. The predicted octanol–water partition coefficient (Wildman–Crippen LogP) is 3.83. The zero-order chi connectivity index (χ0) is 18.3. The lowest BCUT2D eigenvalue weighted by Crippen LogP contribution is -2.26. The van der Waals surface area contributed by atoms with Crippen LogP contribution in [0.25, 0.3) is 10.9 Å². The molecule has 5 nitrogen and oxygen atoms in total. The maximum atomic E-state index is 11.2. The molecule has 1 saturated carbocycles. The van der Waals surface area contributed by atoms with E-state index in [9.17, 15) is 4.79 Å². The Morgan fingerprint density at radius 1 is 1.38 bits per heavy atom. The molecule has 2 N–H and O–H groups in total. The minimum atomic E-state index is -0.264. The lowest BCUT2D eigenvalue weighted by Gasteiger charge is -2.15. The third-order valence-corrected chi connectivity index (χ3v) is 6.57. The second-order valence-corrected chi connectivity index (χ2v) is 8.30. The van der Waals surface area contributed by atoms with Gasteiger partial charge in [-0.2, -0.15) is 0 Å². The van der Waals surface area contributed by atoms with Crippen molar-refractivity contribution in [3.63, 3.8) is 0 Å². The summed E-state index contributed by atoms with van der Waals surface area (Å²) in [6.45, 7) is 3.33. The fourth-order valence-electron chi connectivity index (χ4n) is 4.15. The van der Waals surface area contributed by atoms with Gasteiger partial charge in [0.25, 0.3) is 0 Å². The monoisotopic (exact) mass is 371 g/mol. The van der Waals surface area contributed by atoms with Crippen molar-refractivity contribution in [3.05, 3.63) is 35.5 Å². The van der Waals surface area contributed by atoms with Gasteiger partial charge in [0.2, 0.25) is 0 Å². The lowest BCUT2D eigenvalue weighted by molar-refractivity contribution is -0.146. The molecule has 1 aromatic carbocycles. The van der Waals surface area contributed by atoms with Crippen molar-refractivity contribution in [1.82, 2.24) is 4.68 Å². The van der Waals surface area contributed by atoms with Crippen LogP contribution < -0.4 is 5.84 Å². The van der Waals surface area contributed by atoms with Gasteiger partial charge in [-0.3, -0.25) is 14.5 Å². The molecule has 138 valence electrons. The molecule has 1 aromatic heterocycles. The Balaban J connectivity index is 1.68. The molecule has 1 aliphatic carbocycles. The summed E-state index contributed by atoms with van der Waals surface area (Å²) in [6, 6.07) is 8.60. The molecule has 2 atom stereocenters. The van der Waals surface area contributed by atoms with Gasteiger partial charge in [-0.1, -0.05) is 31.0 Å². The molecule has 1 aliphatic heterocycles. The molecule has 0 spiro atoms. The maximum absolute atomic E-state index is 11.2. The topological polar surface area (TPSA) is 69.6 Å². The number of para-hydroxylation sites is 1. The summed E-state index contributed by atoms with van der Waals surface area (Å²) in [5.74, 6) is 7.68. The van der Waals surface area contributed by atoms with E-state index < -0.39 is 0 Å². The number of rotatable bonds is 4. The molecule has 2 aliphatic rings. The van der Waals surface area contributed by atoms with E-state index in [1.165, 1.54) is 43.6 Å². The van der Waals surface area contributed by atoms with Crippen LogP contribution in [-0.4, -0.2) is 33.6 Å². The molecule has 26 heavy (non-hydrogen) atoms. The summed E-state index contributed by atoms with van der Waals surface area (Å²) in [4.78, 5) is 16.0. The van der Waals surface area contributed by atoms with Crippen molar-refractivity contribution >= 4 is 33.7 Å². The van der Waals surface area contributed by atoms with Crippen molar-refractivity contribution < 1.29 is 9.53 Å². The average molecular weight is 372 g/mol. The van der Waals surface area contributed by atoms with E-state index in [1.54, 1.807) is 11.8 Å². The van der Waals surface area contributed by atoms with Crippen LogP contribution >= 0.6 is 11.8 Å². The number of carbonyl (C=O) groups excluding carboxylic acids is 1. The van der Waals surface area contributed by atoms with Gasteiger partial charge in [-0.05, 0) is 37.3 Å². The third-order valence-electron chi connectivity index (χ3n) is 5.47. The number of nitrogens with zero attached hydrogens (tertiary/aromatic N) is 2. The van der Waals surface area contributed by atoms with Gasteiger partial charge < -0.3 is 10.6 Å². The van der Waals surface area contributed by atoms with Crippen LogP contribution in [-0.2, 0) is 9.53 Å². The molecule has 0 amide bonds. The quantitative estimate of drug-likeness (QED) is 0.655. The van der Waals surface area contributed by atoms with Crippen molar-refractivity contribution in [2.24, 2.45) is 4.99 Å². The molecule has 2 aromatic rings. The number of fused-ring (bicyclic) bond motifs is 1. The highest BCUT2D eigenvalue weighted by Crippen LogP contribution is 2.38. The highest BCUT2D eigenvalue weighted by molar-refractivity contribution is 8.14. The first kappa shape index (κ1) is 17.5. The predicted molar refractivity (Wildman–Crippen MR) is 107 cm³/mol. The van der Waals surface area contributed by atoms with Gasteiger partial charge in [0.15, 0.2) is 0 Å². The summed E-state index contributed by atoms with van der Waals surface area (Å²) in [7, 11) is 0. The fraction of sp³-hybridized carbons (Fsp3) is 0.500. The van der Waals surface area contributed by atoms with E-state index in [1.807, 2.05) is 11.6 Å². The van der Waals surface area contributed by atoms with E-state index in [0.29, 0.717) is 5.92 Å². The fourth-order valence-corrected chi connectivity index (χ4v) is 5.34. The van der Waals surface area contributed by atoms with Gasteiger partial charge in [0.1, 0.15) is 11.1 Å². The van der Waals surface area contributed by atoms with E-state index in [4.69, 9.17) is 15.6 Å². The number of thioether (sulfide) groups is 1. The van der Waals surface area contributed by atoms with Crippen molar-refractivity contribution in [3.8, 4) is 0 Å². The van der Waals surface area contributed by atoms with Gasteiger partial charge in [0.05, 0.1) is 17.3 Å². The molecule has 0 radical (unpaired) electrons. The van der Waals surface area contributed by atoms with Crippen LogP contribution in [0.4, 0.5) is 0 Å². The molecular weight excluding hydrogens is 346 g/mol. The van der Waals surface area contributed by atoms with Crippen LogP contribution in [0, 0.1) is 0 Å². The summed E-state index contributed by atoms with van der Waals surface area (Å²) < 4.78 is 7.11. The van der Waals surface area contributed by atoms with Crippen LogP contribution in [0.5, 0.6) is 0 Å². The van der Waals surface area contributed by atoms with E-state index >= 15 is 0 Å². The second-order valence-electron chi connectivity index (χ2n) is 7.29. The second kappa shape index (κ2) is 6.99. The number of esters is 1. The summed E-state index contributed by atoms with van der Waals surface area (Å²) in [5, 5.41) is 2.11. The van der Waals surface area contributed by atoms with Crippen LogP contribution in [0.1, 0.15) is 56.7 Å². The normalized spacial score (nSPS) is 21.9. The van der Waals surface area contributed by atoms with Crippen molar-refractivity contribution in [2.45, 2.75) is 57.6 Å². The number of benzene rings is 1. The first-order valence-corrected chi connectivity index (χ1v) is 10.3. The standard InChI is InChI=1S/C20H25N3O2S/c1-12(25-13(2)24)17-11-26-20(22-17)18-10-15-8-5-9-16(19(15)23(18)21)14-6-3-4-7-14/h5,8-10,12,14,17H,3-4,6-7,11,21H2,1-2H3. The molecule has 2 unspecified atom stereocenters. The Labute approximate surface area is 158 Å². The van der Waals surface area contributed by atoms with Crippen LogP contribution in [0.15, 0.2) is 29.3 Å². The van der Waals surface area contributed by atoms with E-state index in [0.717, 1.165) is 22.0 Å². The van der Waals surface area contributed by atoms with Crippen molar-refractivity contribution in [1.29, 1.82) is 0 Å². The summed E-state index contributed by atoms with van der Waals surface area (Å²) in [5.41, 5.74) is 3.45. The zero-order valence-corrected chi connectivity index (χ0v) is 16.1. The summed E-state index contributed by atoms with van der Waals surface area (Å²) in [6.07, 6.45) is 4.88. The molecule has 4 rings (SSSR count). The number of hydrogen-bond donors (Lipinski definition) is 1. The lowest BCUT2D eigenvalue weighted by atomic mass is 9.96. The Morgan fingerprint density at radius 3 is 2.88 bits per heavy atom. The van der Waals surface area contributed by atoms with Gasteiger partial charge in [-0.15, -0.1) is 11.8 Å². The number of ether oxygens (including phenoxy) is 1. The van der Waals surface area contributed by atoms with Gasteiger partial charge in [-0.25, -0.2) is 0 Å². The number of aliphatic imine (C=N–C) groups is 1. The molecule has 2 heterocycles. The minimum Gasteiger partial charge on any atom is -0.461 e. The largest absolute Gasteiger partial charge is 0.461 e. The van der Waals surface area contributed by atoms with Crippen molar-refractivity contribution in [2.75, 3.05) is 11.6 Å². The number of aromatic nitrogens is 1. The van der Waals surface area contributed by atoms with Crippen LogP contribution in [0.3, 0.4) is 0 Å². The van der Waals surface area contributed by atoms with Gasteiger partial charge in [0, 0.05) is 18.1 Å². The van der Waals surface area contributed by atoms with Crippen LogP contribution in [0.2, 0.25) is 0 Å². The number of nitrogen functional groups attached to an aromatic ring is 1. The SMILES string of the molecule is CC(=O)OC(C)C1CSC(c2cc3cccc(C4CCCC4)c3n2N)=N1. The first-order valence-electron chi connectivity index (χ1n) is 9.32. The minimum absolute atomic E-state index is 0.0220. The third kappa shape index (κ3) is 3.11. The Kier molecular flexibility index (Phi) is 4.69. The Morgan fingerprint density at radius 2 is 2.15 bits per heavy atom. The van der Waals surface area contributed by atoms with E-state index in [-0.39, 0.29) is 18.1 Å². The summed E-state index contributed by atoms with van der Waals surface area (Å²) >= 11 is 1.68. The first-order chi connectivity index (χ1) is 12.5. The highest BCUT2D eigenvalue weighted by atomic mass is 32.2. The number of hydrogen-bond acceptors (Lipinski definition) is 5. The number of carbonyl (C=O) groups is 1. The van der Waals surface area contributed by atoms with Gasteiger partial charge >= 0.3 is 5.97 Å². The molecule has 1 fully saturated rings. The number of nitrogens with two attached hydrogens (primary N) is 1.